The number of nitrogens with zero attached hydrogens (tertiary/aromatic N) is 1. The average Bonchev–Trinajstić information content (AvgIpc) is 2.56. The Morgan fingerprint density at radius 3 is 2.45 bits per heavy atom. The molecule has 0 spiro atoms. The third-order valence-corrected chi connectivity index (χ3v) is 3.10. The summed E-state index contributed by atoms with van der Waals surface area (Å²) in [4.78, 5) is 11.7. The van der Waals surface area contributed by atoms with Crippen LogP contribution < -0.4 is 10.2 Å². The van der Waals surface area contributed by atoms with Crippen LogP contribution in [0.1, 0.15) is 5.56 Å². The molecule has 0 aliphatic carbocycles. The summed E-state index contributed by atoms with van der Waals surface area (Å²) < 4.78 is 5.20. The zero-order valence-corrected chi connectivity index (χ0v) is 11.8. The van der Waals surface area contributed by atoms with Gasteiger partial charge in [0.05, 0.1) is 6.21 Å². The van der Waals surface area contributed by atoms with Crippen LogP contribution in [0.15, 0.2) is 77.9 Å². The van der Waals surface area contributed by atoms with Crippen LogP contribution in [0.3, 0.4) is 0 Å². The van der Waals surface area contributed by atoms with Crippen molar-refractivity contribution in [2.75, 3.05) is 0 Å². The van der Waals surface area contributed by atoms with Crippen molar-refractivity contribution >= 4 is 23.1 Å². The maximum absolute atomic E-state index is 11.7. The summed E-state index contributed by atoms with van der Waals surface area (Å²) in [5, 5.41) is 5.96. The third kappa shape index (κ3) is 3.49. The number of nitrogens with one attached hydrogen (secondary N) is 1. The van der Waals surface area contributed by atoms with Gasteiger partial charge in [0.2, 0.25) is 0 Å². The standard InChI is InChI=1S/C18H14N2O2/c21-18(20-19-13-14-6-2-1-3-7-14)22-17-11-10-15-8-4-5-9-16(15)12-17/h1-13H,(H,20,21). The van der Waals surface area contributed by atoms with Gasteiger partial charge < -0.3 is 4.74 Å². The predicted octanol–water partition coefficient (Wildman–Crippen LogP) is 3.96. The van der Waals surface area contributed by atoms with Crippen LogP contribution in [-0.2, 0) is 0 Å². The van der Waals surface area contributed by atoms with E-state index in [-0.39, 0.29) is 0 Å². The minimum atomic E-state index is -0.623. The number of carbonyl (C=O) groups is 1. The van der Waals surface area contributed by atoms with E-state index in [0.717, 1.165) is 16.3 Å². The van der Waals surface area contributed by atoms with Gasteiger partial charge >= 0.3 is 6.09 Å². The summed E-state index contributed by atoms with van der Waals surface area (Å²) in [5.41, 5.74) is 3.23. The minimum Gasteiger partial charge on any atom is -0.409 e. The Hall–Kier alpha value is -3.14. The van der Waals surface area contributed by atoms with Crippen molar-refractivity contribution in [3.05, 3.63) is 78.4 Å². The monoisotopic (exact) mass is 290 g/mol. The van der Waals surface area contributed by atoms with Crippen molar-refractivity contribution in [1.82, 2.24) is 5.43 Å². The Labute approximate surface area is 128 Å². The normalized spacial score (nSPS) is 10.7. The van der Waals surface area contributed by atoms with Crippen molar-refractivity contribution < 1.29 is 9.53 Å². The van der Waals surface area contributed by atoms with Gasteiger partial charge in [-0.05, 0) is 28.5 Å². The van der Waals surface area contributed by atoms with E-state index in [4.69, 9.17) is 4.74 Å². The summed E-state index contributed by atoms with van der Waals surface area (Å²) in [6.07, 6.45) is 0.934. The molecule has 3 aromatic carbocycles. The highest BCUT2D eigenvalue weighted by atomic mass is 16.6. The molecule has 0 atom stereocenters. The van der Waals surface area contributed by atoms with Crippen LogP contribution in [0.2, 0.25) is 0 Å². The zero-order valence-electron chi connectivity index (χ0n) is 11.8. The molecule has 0 bridgehead atoms. The van der Waals surface area contributed by atoms with Gasteiger partial charge in [0.1, 0.15) is 5.75 Å². The lowest BCUT2D eigenvalue weighted by Crippen LogP contribution is -2.21. The maximum atomic E-state index is 11.7. The number of fused-ring (bicyclic) bond motifs is 1. The average molecular weight is 290 g/mol. The lowest BCUT2D eigenvalue weighted by Gasteiger charge is -2.04. The summed E-state index contributed by atoms with van der Waals surface area (Å²) in [7, 11) is 0. The van der Waals surface area contributed by atoms with Crippen molar-refractivity contribution in [2.45, 2.75) is 0 Å². The van der Waals surface area contributed by atoms with Crippen LogP contribution in [0.5, 0.6) is 5.75 Å². The predicted molar refractivity (Wildman–Crippen MR) is 87.1 cm³/mol. The van der Waals surface area contributed by atoms with Gasteiger partial charge in [0.15, 0.2) is 0 Å². The van der Waals surface area contributed by atoms with Crippen LogP contribution in [0.4, 0.5) is 4.79 Å². The second-order valence-electron chi connectivity index (χ2n) is 4.68. The van der Waals surface area contributed by atoms with Crippen molar-refractivity contribution in [3.8, 4) is 5.75 Å². The number of rotatable bonds is 3. The van der Waals surface area contributed by atoms with E-state index in [1.165, 1.54) is 0 Å². The van der Waals surface area contributed by atoms with E-state index in [1.807, 2.05) is 66.7 Å². The highest BCUT2D eigenvalue weighted by Gasteiger charge is 2.03. The Morgan fingerprint density at radius 1 is 0.909 bits per heavy atom. The molecule has 0 heterocycles. The van der Waals surface area contributed by atoms with Crippen LogP contribution >= 0.6 is 0 Å². The first kappa shape index (κ1) is 13.8. The fourth-order valence-electron chi connectivity index (χ4n) is 2.06. The molecule has 1 N–H and O–H groups in total. The highest BCUT2D eigenvalue weighted by molar-refractivity contribution is 5.85. The van der Waals surface area contributed by atoms with Crippen molar-refractivity contribution in [2.24, 2.45) is 5.10 Å². The summed E-state index contributed by atoms with van der Waals surface area (Å²) in [5.74, 6) is 0.478. The van der Waals surface area contributed by atoms with Crippen molar-refractivity contribution in [1.29, 1.82) is 0 Å². The lowest BCUT2D eigenvalue weighted by molar-refractivity contribution is 0.201. The third-order valence-electron chi connectivity index (χ3n) is 3.10. The molecule has 108 valence electrons. The molecule has 0 unspecified atom stereocenters. The Kier molecular flexibility index (Phi) is 4.11. The molecular weight excluding hydrogens is 276 g/mol. The molecule has 3 rings (SSSR count). The molecule has 0 aromatic heterocycles. The molecule has 3 aromatic rings. The summed E-state index contributed by atoms with van der Waals surface area (Å²) >= 11 is 0. The van der Waals surface area contributed by atoms with Crippen molar-refractivity contribution in [3.63, 3.8) is 0 Å². The number of hydrogen-bond donors (Lipinski definition) is 1. The van der Waals surface area contributed by atoms with E-state index >= 15 is 0 Å². The SMILES string of the molecule is O=C(NN=Cc1ccccc1)Oc1ccc2ccccc2c1. The van der Waals surface area contributed by atoms with Gasteiger partial charge in [-0.3, -0.25) is 0 Å². The summed E-state index contributed by atoms with van der Waals surface area (Å²) in [6, 6.07) is 22.8. The molecule has 0 saturated carbocycles. The van der Waals surface area contributed by atoms with Gasteiger partial charge in [0, 0.05) is 0 Å². The number of ether oxygens (including phenoxy) is 1. The first-order valence-electron chi connectivity index (χ1n) is 6.86. The molecule has 0 radical (unpaired) electrons. The maximum Gasteiger partial charge on any atom is 0.433 e. The topological polar surface area (TPSA) is 50.7 Å². The smallest absolute Gasteiger partial charge is 0.409 e. The molecule has 0 aliphatic rings. The van der Waals surface area contributed by atoms with Gasteiger partial charge in [-0.2, -0.15) is 5.10 Å². The zero-order chi connectivity index (χ0) is 15.2. The number of hydrogen-bond acceptors (Lipinski definition) is 3. The van der Waals surface area contributed by atoms with Crippen LogP contribution in [0.25, 0.3) is 10.8 Å². The van der Waals surface area contributed by atoms with Gasteiger partial charge in [0.25, 0.3) is 0 Å². The molecular formula is C18H14N2O2. The van der Waals surface area contributed by atoms with Crippen LogP contribution in [-0.4, -0.2) is 12.3 Å². The fourth-order valence-corrected chi connectivity index (χ4v) is 2.06. The van der Waals surface area contributed by atoms with Gasteiger partial charge in [-0.15, -0.1) is 0 Å². The Balaban J connectivity index is 1.62. The molecule has 0 aliphatic heterocycles. The second kappa shape index (κ2) is 6.54. The fraction of sp³-hybridized carbons (Fsp3) is 0. The first-order chi connectivity index (χ1) is 10.8. The number of benzene rings is 3. The van der Waals surface area contributed by atoms with E-state index in [1.54, 1.807) is 12.3 Å². The first-order valence-corrected chi connectivity index (χ1v) is 6.86. The highest BCUT2D eigenvalue weighted by Crippen LogP contribution is 2.20. The van der Waals surface area contributed by atoms with E-state index in [0.29, 0.717) is 5.75 Å². The Bertz CT molecular complexity index is 813. The largest absolute Gasteiger partial charge is 0.433 e. The minimum absolute atomic E-state index is 0.478. The van der Waals surface area contributed by atoms with E-state index in [2.05, 4.69) is 10.5 Å². The van der Waals surface area contributed by atoms with E-state index in [9.17, 15) is 4.79 Å². The van der Waals surface area contributed by atoms with Gasteiger partial charge in [-0.1, -0.05) is 60.7 Å². The number of hydrazone groups is 1. The molecule has 22 heavy (non-hydrogen) atoms. The van der Waals surface area contributed by atoms with Gasteiger partial charge in [-0.25, -0.2) is 10.2 Å². The summed E-state index contributed by atoms with van der Waals surface area (Å²) in [6.45, 7) is 0. The van der Waals surface area contributed by atoms with Crippen LogP contribution in [0, 0.1) is 0 Å². The Morgan fingerprint density at radius 2 is 1.64 bits per heavy atom. The molecule has 4 heteroatoms. The number of amides is 1. The molecule has 0 saturated heterocycles. The molecule has 1 amide bonds. The number of carbonyl (C=O) groups excluding carboxylic acids is 1. The second-order valence-corrected chi connectivity index (χ2v) is 4.68. The quantitative estimate of drug-likeness (QED) is 0.586. The lowest BCUT2D eigenvalue weighted by atomic mass is 10.1. The molecule has 4 nitrogen and oxygen atoms in total. The molecule has 0 fully saturated rings. The van der Waals surface area contributed by atoms with E-state index < -0.39 is 6.09 Å².